The molecule has 0 spiro atoms. The van der Waals surface area contributed by atoms with Crippen LogP contribution in [-0.4, -0.2) is 58.8 Å². The molecular formula is C14H22N4O4. The molecule has 0 radical (unpaired) electrons. The summed E-state index contributed by atoms with van der Waals surface area (Å²) in [5.74, 6) is -0.418. The first-order valence-electron chi connectivity index (χ1n) is 7.28. The Morgan fingerprint density at radius 2 is 1.91 bits per heavy atom. The number of amides is 1. The van der Waals surface area contributed by atoms with Crippen molar-refractivity contribution in [2.24, 2.45) is 14.1 Å². The number of ether oxygens (including phenoxy) is 1. The van der Waals surface area contributed by atoms with Crippen LogP contribution in [0.15, 0.2) is 15.7 Å². The second-order valence-corrected chi connectivity index (χ2v) is 5.56. The third-order valence-electron chi connectivity index (χ3n) is 3.77. The molecule has 1 aliphatic rings. The molecule has 0 aromatic carbocycles. The summed E-state index contributed by atoms with van der Waals surface area (Å²) in [7, 11) is 2.86. The van der Waals surface area contributed by atoms with Gasteiger partial charge in [0, 0.05) is 45.8 Å². The number of hydrogen-bond acceptors (Lipinski definition) is 5. The number of carbonyl (C=O) groups excluding carboxylic acids is 1. The predicted molar refractivity (Wildman–Crippen MR) is 81.1 cm³/mol. The Hall–Kier alpha value is -1.93. The third kappa shape index (κ3) is 3.63. The van der Waals surface area contributed by atoms with E-state index in [1.54, 1.807) is 0 Å². The Bertz CT molecular complexity index is 658. The van der Waals surface area contributed by atoms with E-state index < -0.39 is 17.2 Å². The first kappa shape index (κ1) is 16.4. The molecule has 0 bridgehead atoms. The Morgan fingerprint density at radius 1 is 1.27 bits per heavy atom. The van der Waals surface area contributed by atoms with Gasteiger partial charge in [-0.25, -0.2) is 4.79 Å². The molecule has 8 nitrogen and oxygen atoms in total. The molecule has 1 amide bonds. The Balaban J connectivity index is 2.06. The SMILES string of the molecule is CC(CN1CCOCC1)NC(=O)c1cc(=O)n(C)c(=O)n1C. The highest BCUT2D eigenvalue weighted by Gasteiger charge is 2.18. The van der Waals surface area contributed by atoms with E-state index >= 15 is 0 Å². The fraction of sp³-hybridized carbons (Fsp3) is 0.643. The maximum Gasteiger partial charge on any atom is 0.331 e. The first-order valence-corrected chi connectivity index (χ1v) is 7.28. The minimum atomic E-state index is -0.515. The van der Waals surface area contributed by atoms with Gasteiger partial charge in [0.05, 0.1) is 13.2 Å². The molecule has 8 heteroatoms. The molecule has 0 aliphatic carbocycles. The highest BCUT2D eigenvalue weighted by molar-refractivity contribution is 5.92. The summed E-state index contributed by atoms with van der Waals surface area (Å²) >= 11 is 0. The van der Waals surface area contributed by atoms with Crippen LogP contribution >= 0.6 is 0 Å². The van der Waals surface area contributed by atoms with Crippen molar-refractivity contribution in [3.05, 3.63) is 32.6 Å². The molecule has 1 aromatic heterocycles. The van der Waals surface area contributed by atoms with E-state index in [-0.39, 0.29) is 11.7 Å². The van der Waals surface area contributed by atoms with Crippen molar-refractivity contribution in [3.63, 3.8) is 0 Å². The van der Waals surface area contributed by atoms with Gasteiger partial charge in [0.1, 0.15) is 5.69 Å². The number of nitrogens with zero attached hydrogens (tertiary/aromatic N) is 3. The van der Waals surface area contributed by atoms with Gasteiger partial charge >= 0.3 is 5.69 Å². The average Bonchev–Trinajstić information content (AvgIpc) is 2.49. The second kappa shape index (κ2) is 6.89. The van der Waals surface area contributed by atoms with Crippen LogP contribution < -0.4 is 16.6 Å². The zero-order chi connectivity index (χ0) is 16.3. The number of nitrogens with one attached hydrogen (secondary N) is 1. The number of morpholine rings is 1. The molecule has 1 N–H and O–H groups in total. The molecule has 1 unspecified atom stereocenters. The molecule has 22 heavy (non-hydrogen) atoms. The van der Waals surface area contributed by atoms with Crippen molar-refractivity contribution < 1.29 is 9.53 Å². The predicted octanol–water partition coefficient (Wildman–Crippen LogP) is -1.47. The van der Waals surface area contributed by atoms with E-state index in [0.717, 1.165) is 17.7 Å². The van der Waals surface area contributed by atoms with Crippen LogP contribution in [-0.2, 0) is 18.8 Å². The van der Waals surface area contributed by atoms with Crippen LogP contribution in [0.5, 0.6) is 0 Å². The summed E-state index contributed by atoms with van der Waals surface area (Å²) in [6.07, 6.45) is 0. The van der Waals surface area contributed by atoms with Crippen molar-refractivity contribution in [2.75, 3.05) is 32.8 Å². The molecule has 122 valence electrons. The van der Waals surface area contributed by atoms with Gasteiger partial charge in [0.2, 0.25) is 0 Å². The molecule has 1 aromatic rings. The normalized spacial score (nSPS) is 17.2. The minimum absolute atomic E-state index is 0.0712. The Labute approximate surface area is 128 Å². The molecule has 0 saturated carbocycles. The van der Waals surface area contributed by atoms with Crippen molar-refractivity contribution >= 4 is 5.91 Å². The van der Waals surface area contributed by atoms with Crippen molar-refractivity contribution in [2.45, 2.75) is 13.0 Å². The summed E-state index contributed by atoms with van der Waals surface area (Å²) in [5, 5.41) is 2.83. The Kier molecular flexibility index (Phi) is 5.15. The number of rotatable bonds is 4. The molecule has 2 rings (SSSR count). The van der Waals surface area contributed by atoms with Gasteiger partial charge in [-0.05, 0) is 6.92 Å². The van der Waals surface area contributed by atoms with Gasteiger partial charge in [-0.3, -0.25) is 23.6 Å². The van der Waals surface area contributed by atoms with Crippen LogP contribution in [0, 0.1) is 0 Å². The summed E-state index contributed by atoms with van der Waals surface area (Å²) in [4.78, 5) is 38.0. The fourth-order valence-electron chi connectivity index (χ4n) is 2.47. The summed E-state index contributed by atoms with van der Waals surface area (Å²) in [5.41, 5.74) is -0.936. The third-order valence-corrected chi connectivity index (χ3v) is 3.77. The lowest BCUT2D eigenvalue weighted by atomic mass is 10.2. The molecule has 2 heterocycles. The highest BCUT2D eigenvalue weighted by atomic mass is 16.5. The maximum absolute atomic E-state index is 12.3. The number of carbonyl (C=O) groups is 1. The minimum Gasteiger partial charge on any atom is -0.379 e. The fourth-order valence-corrected chi connectivity index (χ4v) is 2.47. The Morgan fingerprint density at radius 3 is 2.55 bits per heavy atom. The summed E-state index contributed by atoms with van der Waals surface area (Å²) < 4.78 is 7.43. The lowest BCUT2D eigenvalue weighted by molar-refractivity contribution is 0.0342. The van der Waals surface area contributed by atoms with Crippen molar-refractivity contribution in [3.8, 4) is 0 Å². The average molecular weight is 310 g/mol. The molecule has 1 aliphatic heterocycles. The van der Waals surface area contributed by atoms with E-state index in [1.807, 2.05) is 6.92 Å². The molecular weight excluding hydrogens is 288 g/mol. The van der Waals surface area contributed by atoms with Gasteiger partial charge in [-0.1, -0.05) is 0 Å². The number of aromatic nitrogens is 2. The van der Waals surface area contributed by atoms with Gasteiger partial charge in [0.25, 0.3) is 11.5 Å². The van der Waals surface area contributed by atoms with Gasteiger partial charge in [-0.2, -0.15) is 0 Å². The number of hydrogen-bond donors (Lipinski definition) is 1. The lowest BCUT2D eigenvalue weighted by Gasteiger charge is -2.29. The van der Waals surface area contributed by atoms with Crippen molar-refractivity contribution in [1.82, 2.24) is 19.4 Å². The second-order valence-electron chi connectivity index (χ2n) is 5.56. The zero-order valence-electron chi connectivity index (χ0n) is 13.2. The van der Waals surface area contributed by atoms with Crippen LogP contribution in [0.4, 0.5) is 0 Å². The van der Waals surface area contributed by atoms with E-state index in [1.165, 1.54) is 24.7 Å². The van der Waals surface area contributed by atoms with Crippen LogP contribution in [0.1, 0.15) is 17.4 Å². The smallest absolute Gasteiger partial charge is 0.331 e. The monoisotopic (exact) mass is 310 g/mol. The van der Waals surface area contributed by atoms with Gasteiger partial charge < -0.3 is 10.1 Å². The van der Waals surface area contributed by atoms with Crippen LogP contribution in [0.3, 0.4) is 0 Å². The van der Waals surface area contributed by atoms with Gasteiger partial charge in [0.15, 0.2) is 0 Å². The van der Waals surface area contributed by atoms with E-state index in [9.17, 15) is 14.4 Å². The zero-order valence-corrected chi connectivity index (χ0v) is 13.2. The van der Waals surface area contributed by atoms with Crippen LogP contribution in [0.25, 0.3) is 0 Å². The highest BCUT2D eigenvalue weighted by Crippen LogP contribution is 1.99. The largest absolute Gasteiger partial charge is 0.379 e. The van der Waals surface area contributed by atoms with E-state index in [0.29, 0.717) is 19.8 Å². The molecule has 1 atom stereocenters. The van der Waals surface area contributed by atoms with E-state index in [2.05, 4.69) is 10.2 Å². The standard InChI is InChI=1S/C14H22N4O4/c1-10(9-18-4-6-22-7-5-18)15-13(20)11-8-12(19)17(3)14(21)16(11)2/h8,10H,4-7,9H2,1-3H3,(H,15,20). The van der Waals surface area contributed by atoms with Gasteiger partial charge in [-0.15, -0.1) is 0 Å². The quantitative estimate of drug-likeness (QED) is 0.734. The molecule has 1 saturated heterocycles. The van der Waals surface area contributed by atoms with Crippen LogP contribution in [0.2, 0.25) is 0 Å². The first-order chi connectivity index (χ1) is 10.4. The van der Waals surface area contributed by atoms with E-state index in [4.69, 9.17) is 4.74 Å². The lowest BCUT2D eigenvalue weighted by Crippen LogP contribution is -2.47. The van der Waals surface area contributed by atoms with Crippen molar-refractivity contribution in [1.29, 1.82) is 0 Å². The molecule has 1 fully saturated rings. The summed E-state index contributed by atoms with van der Waals surface area (Å²) in [6.45, 7) is 5.67. The topological polar surface area (TPSA) is 85.6 Å². The summed E-state index contributed by atoms with van der Waals surface area (Å²) in [6, 6.07) is 1.09. The maximum atomic E-state index is 12.3.